The Kier molecular flexibility index (Phi) is 413. The molecular weight excluding hydrogens is 94.4 g/mol. The van der Waals surface area contributed by atoms with Gasteiger partial charge in [0.05, 0.1) is 0 Å². The van der Waals surface area contributed by atoms with Gasteiger partial charge in [-0.15, -0.1) is 12.4 Å². The van der Waals surface area contributed by atoms with Crippen molar-refractivity contribution in [2.24, 2.45) is 0 Å². The summed E-state index contributed by atoms with van der Waals surface area (Å²) in [5, 5.41) is 0. The quantitative estimate of drug-likeness (QED) is 0.352. The van der Waals surface area contributed by atoms with Crippen LogP contribution in [0.4, 0.5) is 0 Å². The first-order valence-electron chi connectivity index (χ1n) is 0.289. The molecule has 0 saturated carbocycles. The predicted octanol–water partition coefficient (Wildman–Crippen LogP) is -1.17. The third kappa shape index (κ3) is 19.1. The van der Waals surface area contributed by atoms with Gasteiger partial charge in [-0.1, -0.05) is 0 Å². The second-order valence-corrected chi connectivity index (χ2v) is 0. The van der Waals surface area contributed by atoms with Gasteiger partial charge in [0.2, 0.25) is 0 Å². The van der Waals surface area contributed by atoms with E-state index in [1.54, 1.807) is 0 Å². The standard InChI is InChI=1S/Al.ClH.H2O.O.H/h;1H;1H2;;. The summed E-state index contributed by atoms with van der Waals surface area (Å²) >= 11 is 0.611. The fraction of sp³-hybridized carbons (Fsp3) is 0. The molecule has 0 fully saturated rings. The minimum absolute atomic E-state index is 0. The topological polar surface area (TPSA) is 48.6 Å². The Labute approximate surface area is 38.5 Å². The molecule has 0 radical (unpaired) electrons. The fourth-order valence-electron chi connectivity index (χ4n) is 0. The fourth-order valence-corrected chi connectivity index (χ4v) is 0. The summed E-state index contributed by atoms with van der Waals surface area (Å²) in [4.78, 5) is 0. The summed E-state index contributed by atoms with van der Waals surface area (Å²) in [6.07, 6.45) is 0. The molecule has 0 aliphatic carbocycles. The van der Waals surface area contributed by atoms with E-state index in [4.69, 9.17) is 3.80 Å². The van der Waals surface area contributed by atoms with Crippen molar-refractivity contribution in [2.75, 3.05) is 0 Å². The molecule has 0 aromatic heterocycles. The molecule has 0 spiro atoms. The Hall–Kier alpha value is 0.582. The van der Waals surface area contributed by atoms with Gasteiger partial charge in [0.15, 0.2) is 0 Å². The molecule has 0 bridgehead atoms. The van der Waals surface area contributed by atoms with Crippen LogP contribution in [0, 0.1) is 0 Å². The molecule has 0 aliphatic rings. The summed E-state index contributed by atoms with van der Waals surface area (Å²) in [6.45, 7) is 0. The average molecular weight is 98.5 g/mol. The monoisotopic (exact) mass is 98.0 g/mol. The van der Waals surface area contributed by atoms with Crippen LogP contribution in [-0.4, -0.2) is 21.7 Å². The molecule has 0 amide bonds. The van der Waals surface area contributed by atoms with Gasteiger partial charge in [-0.3, -0.25) is 0 Å². The Morgan fingerprint density at radius 2 is 1.25 bits per heavy atom. The molecule has 0 aromatic carbocycles. The number of hydrogen-bond donors (Lipinski definition) is 0. The molecule has 4 heavy (non-hydrogen) atoms. The predicted molar refractivity (Wildman–Crippen MR) is 18.7 cm³/mol. The van der Waals surface area contributed by atoms with Crippen LogP contribution in [0.25, 0.3) is 0 Å². The summed E-state index contributed by atoms with van der Waals surface area (Å²) in [6, 6.07) is 0. The normalized spacial score (nSPS) is 0.750. The van der Waals surface area contributed by atoms with Gasteiger partial charge in [0.25, 0.3) is 0 Å². The molecule has 0 saturated heterocycles. The number of rotatable bonds is 0. The molecule has 2 N–H and O–H groups in total. The van der Waals surface area contributed by atoms with Gasteiger partial charge in [-0.2, -0.15) is 0 Å². The molecule has 26 valence electrons. The second kappa shape index (κ2) is 70.4. The van der Waals surface area contributed by atoms with Crippen LogP contribution in [0.15, 0.2) is 0 Å². The van der Waals surface area contributed by atoms with Gasteiger partial charge in [-0.05, 0) is 0 Å². The molecular formula is H4AlClO2. The molecule has 0 aliphatic heterocycles. The Morgan fingerprint density at radius 3 is 1.25 bits per heavy atom. The Bertz CT molecular complexity index is 6.00. The van der Waals surface area contributed by atoms with Crippen molar-refractivity contribution in [3.8, 4) is 0 Å². The van der Waals surface area contributed by atoms with E-state index in [-0.39, 0.29) is 17.9 Å². The molecule has 0 unspecified atom stereocenters. The Morgan fingerprint density at radius 1 is 1.25 bits per heavy atom. The van der Waals surface area contributed by atoms with E-state index >= 15 is 0 Å². The summed E-state index contributed by atoms with van der Waals surface area (Å²) in [5.41, 5.74) is 0. The summed E-state index contributed by atoms with van der Waals surface area (Å²) < 4.78 is 8.28. The molecule has 0 rings (SSSR count). The van der Waals surface area contributed by atoms with Crippen molar-refractivity contribution in [3.05, 3.63) is 0 Å². The van der Waals surface area contributed by atoms with Crippen LogP contribution in [-0.2, 0) is 3.80 Å². The number of hydrogen-bond acceptors (Lipinski definition) is 1. The first-order chi connectivity index (χ1) is 1.00. The summed E-state index contributed by atoms with van der Waals surface area (Å²) in [7, 11) is 0. The van der Waals surface area contributed by atoms with E-state index in [1.807, 2.05) is 0 Å². The van der Waals surface area contributed by atoms with Crippen molar-refractivity contribution >= 4 is 28.6 Å². The first-order valence-corrected chi connectivity index (χ1v) is 0.866. The zero-order valence-corrected chi connectivity index (χ0v) is 4.25. The van der Waals surface area contributed by atoms with Crippen LogP contribution >= 0.6 is 12.4 Å². The van der Waals surface area contributed by atoms with Crippen molar-refractivity contribution in [3.63, 3.8) is 0 Å². The van der Waals surface area contributed by atoms with E-state index in [0.29, 0.717) is 16.2 Å². The van der Waals surface area contributed by atoms with Crippen molar-refractivity contribution in [1.29, 1.82) is 0 Å². The van der Waals surface area contributed by atoms with Gasteiger partial charge in [0.1, 0.15) is 0 Å². The van der Waals surface area contributed by atoms with Crippen LogP contribution in [0.1, 0.15) is 0 Å². The van der Waals surface area contributed by atoms with Crippen LogP contribution < -0.4 is 0 Å². The summed E-state index contributed by atoms with van der Waals surface area (Å²) in [5.74, 6) is 0. The first kappa shape index (κ1) is 23.5. The minimum atomic E-state index is 0. The van der Waals surface area contributed by atoms with E-state index in [0.717, 1.165) is 0 Å². The Balaban J connectivity index is -0.00000000500. The van der Waals surface area contributed by atoms with E-state index < -0.39 is 0 Å². The van der Waals surface area contributed by atoms with Crippen LogP contribution in [0.5, 0.6) is 0 Å². The van der Waals surface area contributed by atoms with Crippen LogP contribution in [0.2, 0.25) is 0 Å². The zero-order chi connectivity index (χ0) is 2.00. The molecule has 0 heterocycles. The zero-order valence-electron chi connectivity index (χ0n) is 2.02. The van der Waals surface area contributed by atoms with Crippen LogP contribution in [0.3, 0.4) is 0 Å². The van der Waals surface area contributed by atoms with Gasteiger partial charge >= 0.3 is 20.0 Å². The SMILES string of the molecule is Cl.O.[O]=[AlH]. The second-order valence-electron chi connectivity index (χ2n) is 0. The molecule has 0 aromatic rings. The third-order valence-electron chi connectivity index (χ3n) is 0. The number of halogens is 1. The van der Waals surface area contributed by atoms with E-state index in [1.165, 1.54) is 0 Å². The van der Waals surface area contributed by atoms with Crippen molar-refractivity contribution in [2.45, 2.75) is 0 Å². The average Bonchev–Trinajstić information content (AvgIpc) is 1.00. The third-order valence-corrected chi connectivity index (χ3v) is 0. The molecule has 4 heteroatoms. The van der Waals surface area contributed by atoms with Crippen molar-refractivity contribution < 1.29 is 9.28 Å². The molecule has 0 atom stereocenters. The van der Waals surface area contributed by atoms with Gasteiger partial charge in [-0.25, -0.2) is 0 Å². The maximum absolute atomic E-state index is 8.28. The molecule has 2 nitrogen and oxygen atoms in total. The van der Waals surface area contributed by atoms with Gasteiger partial charge < -0.3 is 5.48 Å². The van der Waals surface area contributed by atoms with E-state index in [9.17, 15) is 0 Å². The van der Waals surface area contributed by atoms with Crippen molar-refractivity contribution in [1.82, 2.24) is 0 Å². The van der Waals surface area contributed by atoms with Gasteiger partial charge in [0, 0.05) is 0 Å². The maximum atomic E-state index is 8.28. The van der Waals surface area contributed by atoms with E-state index in [2.05, 4.69) is 0 Å².